The fourth-order valence-corrected chi connectivity index (χ4v) is 2.43. The van der Waals surface area contributed by atoms with Crippen LogP contribution in [0.15, 0.2) is 53.4 Å². The smallest absolute Gasteiger partial charge is 0.262 e. The summed E-state index contributed by atoms with van der Waals surface area (Å²) >= 11 is 0. The SMILES string of the molecule is CS(=O)(=O)c1ccc(OCC(=O)Nc2cccc(C#N)c2)cc1. The summed E-state index contributed by atoms with van der Waals surface area (Å²) in [5.41, 5.74) is 0.949. The van der Waals surface area contributed by atoms with Gasteiger partial charge in [0.25, 0.3) is 5.91 Å². The fourth-order valence-electron chi connectivity index (χ4n) is 1.80. The summed E-state index contributed by atoms with van der Waals surface area (Å²) in [6.45, 7) is -0.227. The number of ether oxygens (including phenoxy) is 1. The third-order valence-corrected chi connectivity index (χ3v) is 4.03. The molecule has 2 aromatic rings. The molecular weight excluding hydrogens is 316 g/mol. The highest BCUT2D eigenvalue weighted by atomic mass is 32.2. The highest BCUT2D eigenvalue weighted by molar-refractivity contribution is 7.90. The number of carbonyl (C=O) groups excluding carboxylic acids is 1. The number of carbonyl (C=O) groups is 1. The standard InChI is InChI=1S/C16H14N2O4S/c1-23(20,21)15-7-5-14(6-8-15)22-11-16(19)18-13-4-2-3-12(9-13)10-17/h2-9H,11H2,1H3,(H,18,19). The molecule has 23 heavy (non-hydrogen) atoms. The molecule has 0 unspecified atom stereocenters. The number of nitrogens with zero attached hydrogens (tertiary/aromatic N) is 1. The summed E-state index contributed by atoms with van der Waals surface area (Å²) in [5.74, 6) is 0.00519. The van der Waals surface area contributed by atoms with E-state index in [1.165, 1.54) is 24.3 Å². The number of nitrogens with one attached hydrogen (secondary N) is 1. The van der Waals surface area contributed by atoms with Gasteiger partial charge in [-0.1, -0.05) is 6.07 Å². The van der Waals surface area contributed by atoms with Crippen molar-refractivity contribution in [2.75, 3.05) is 18.2 Å². The molecule has 1 N–H and O–H groups in total. The summed E-state index contributed by atoms with van der Waals surface area (Å²) in [5, 5.41) is 11.4. The minimum atomic E-state index is -3.26. The topological polar surface area (TPSA) is 96.3 Å². The molecular formula is C16H14N2O4S. The van der Waals surface area contributed by atoms with Crippen molar-refractivity contribution in [2.24, 2.45) is 0 Å². The van der Waals surface area contributed by atoms with Crippen LogP contribution in [0.4, 0.5) is 5.69 Å². The molecule has 0 aromatic heterocycles. The molecule has 6 nitrogen and oxygen atoms in total. The van der Waals surface area contributed by atoms with Crippen LogP contribution >= 0.6 is 0 Å². The van der Waals surface area contributed by atoms with Gasteiger partial charge in [0.05, 0.1) is 16.5 Å². The number of hydrogen-bond acceptors (Lipinski definition) is 5. The number of amides is 1. The van der Waals surface area contributed by atoms with E-state index in [1.54, 1.807) is 24.3 Å². The van der Waals surface area contributed by atoms with Crippen LogP contribution in [-0.4, -0.2) is 27.2 Å². The number of benzene rings is 2. The lowest BCUT2D eigenvalue weighted by atomic mass is 10.2. The zero-order valence-corrected chi connectivity index (χ0v) is 13.1. The Balaban J connectivity index is 1.93. The van der Waals surface area contributed by atoms with Gasteiger partial charge in [0.15, 0.2) is 16.4 Å². The van der Waals surface area contributed by atoms with Crippen LogP contribution in [0, 0.1) is 11.3 Å². The van der Waals surface area contributed by atoms with Gasteiger partial charge in [-0.25, -0.2) is 8.42 Å². The lowest BCUT2D eigenvalue weighted by Crippen LogP contribution is -2.20. The van der Waals surface area contributed by atoms with E-state index in [1.807, 2.05) is 6.07 Å². The second-order valence-corrected chi connectivity index (χ2v) is 6.79. The molecule has 0 aliphatic heterocycles. The van der Waals surface area contributed by atoms with Crippen molar-refractivity contribution < 1.29 is 17.9 Å². The third-order valence-electron chi connectivity index (χ3n) is 2.90. The first-order chi connectivity index (χ1) is 10.9. The second-order valence-electron chi connectivity index (χ2n) is 4.77. The highest BCUT2D eigenvalue weighted by Crippen LogP contribution is 2.16. The molecule has 7 heteroatoms. The molecule has 2 rings (SSSR count). The van der Waals surface area contributed by atoms with Gasteiger partial charge < -0.3 is 10.1 Å². The van der Waals surface area contributed by atoms with Gasteiger partial charge in [0.1, 0.15) is 5.75 Å². The average molecular weight is 330 g/mol. The van der Waals surface area contributed by atoms with Crippen LogP contribution in [0.3, 0.4) is 0 Å². The Hall–Kier alpha value is -2.85. The Morgan fingerprint density at radius 2 is 1.91 bits per heavy atom. The molecule has 0 spiro atoms. The van der Waals surface area contributed by atoms with Crippen molar-refractivity contribution in [3.63, 3.8) is 0 Å². The summed E-state index contributed by atoms with van der Waals surface area (Å²) < 4.78 is 28.0. The van der Waals surface area contributed by atoms with E-state index in [-0.39, 0.29) is 17.4 Å². The van der Waals surface area contributed by atoms with E-state index < -0.39 is 9.84 Å². The van der Waals surface area contributed by atoms with Crippen LogP contribution in [0.5, 0.6) is 5.75 Å². The number of anilines is 1. The van der Waals surface area contributed by atoms with E-state index in [2.05, 4.69) is 5.32 Å². The maximum Gasteiger partial charge on any atom is 0.262 e. The first-order valence-electron chi connectivity index (χ1n) is 6.61. The van der Waals surface area contributed by atoms with E-state index in [9.17, 15) is 13.2 Å². The minimum absolute atomic E-state index is 0.183. The summed E-state index contributed by atoms with van der Waals surface area (Å²) in [6, 6.07) is 14.3. The molecule has 0 fully saturated rings. The second kappa shape index (κ2) is 6.94. The van der Waals surface area contributed by atoms with E-state index in [0.29, 0.717) is 17.0 Å². The highest BCUT2D eigenvalue weighted by Gasteiger charge is 2.08. The molecule has 0 saturated carbocycles. The molecule has 0 saturated heterocycles. The first-order valence-corrected chi connectivity index (χ1v) is 8.50. The van der Waals surface area contributed by atoms with Crippen LogP contribution in [-0.2, 0) is 14.6 Å². The molecule has 0 atom stereocenters. The van der Waals surface area contributed by atoms with Crippen molar-refractivity contribution in [1.82, 2.24) is 0 Å². The predicted molar refractivity (Wildman–Crippen MR) is 84.8 cm³/mol. The summed E-state index contributed by atoms with van der Waals surface area (Å²) in [7, 11) is -3.26. The Morgan fingerprint density at radius 1 is 1.22 bits per heavy atom. The number of rotatable bonds is 5. The normalized spacial score (nSPS) is 10.6. The molecule has 118 valence electrons. The van der Waals surface area contributed by atoms with E-state index in [0.717, 1.165) is 6.26 Å². The molecule has 1 amide bonds. The van der Waals surface area contributed by atoms with Crippen LogP contribution in [0.25, 0.3) is 0 Å². The number of sulfone groups is 1. The molecule has 2 aromatic carbocycles. The van der Waals surface area contributed by atoms with Gasteiger partial charge in [-0.2, -0.15) is 5.26 Å². The molecule has 0 radical (unpaired) electrons. The van der Waals surface area contributed by atoms with Crippen molar-refractivity contribution in [1.29, 1.82) is 5.26 Å². The van der Waals surface area contributed by atoms with Crippen molar-refractivity contribution in [3.8, 4) is 11.8 Å². The molecule has 0 bridgehead atoms. The summed E-state index contributed by atoms with van der Waals surface area (Å²) in [6.07, 6.45) is 1.12. The zero-order valence-electron chi connectivity index (χ0n) is 12.3. The Kier molecular flexibility index (Phi) is 4.98. The number of nitriles is 1. The Bertz CT molecular complexity index is 852. The van der Waals surface area contributed by atoms with Gasteiger partial charge in [0.2, 0.25) is 0 Å². The minimum Gasteiger partial charge on any atom is -0.484 e. The van der Waals surface area contributed by atoms with E-state index >= 15 is 0 Å². The van der Waals surface area contributed by atoms with Crippen LogP contribution in [0.2, 0.25) is 0 Å². The lowest BCUT2D eigenvalue weighted by Gasteiger charge is -2.08. The first kappa shape index (κ1) is 16.5. The maximum absolute atomic E-state index is 11.8. The quantitative estimate of drug-likeness (QED) is 0.904. The third kappa shape index (κ3) is 4.83. The molecule has 0 aliphatic rings. The van der Waals surface area contributed by atoms with Crippen LogP contribution < -0.4 is 10.1 Å². The fraction of sp³-hybridized carbons (Fsp3) is 0.125. The summed E-state index contributed by atoms with van der Waals surface area (Å²) in [4.78, 5) is 12.0. The van der Waals surface area contributed by atoms with Gasteiger partial charge in [-0.3, -0.25) is 4.79 Å². The van der Waals surface area contributed by atoms with Gasteiger partial charge in [-0.05, 0) is 42.5 Å². The van der Waals surface area contributed by atoms with Crippen molar-refractivity contribution in [3.05, 3.63) is 54.1 Å². The van der Waals surface area contributed by atoms with E-state index in [4.69, 9.17) is 10.00 Å². The Morgan fingerprint density at radius 3 is 2.52 bits per heavy atom. The zero-order chi connectivity index (χ0) is 16.9. The van der Waals surface area contributed by atoms with Gasteiger partial charge >= 0.3 is 0 Å². The van der Waals surface area contributed by atoms with Crippen molar-refractivity contribution >= 4 is 21.4 Å². The predicted octanol–water partition coefficient (Wildman–Crippen LogP) is 1.98. The number of hydrogen-bond donors (Lipinski definition) is 1. The maximum atomic E-state index is 11.8. The van der Waals surface area contributed by atoms with Gasteiger partial charge in [0, 0.05) is 11.9 Å². The largest absolute Gasteiger partial charge is 0.484 e. The Labute approximate surface area is 134 Å². The average Bonchev–Trinajstić information content (AvgIpc) is 2.52. The van der Waals surface area contributed by atoms with Crippen molar-refractivity contribution in [2.45, 2.75) is 4.90 Å². The monoisotopic (exact) mass is 330 g/mol. The lowest BCUT2D eigenvalue weighted by molar-refractivity contribution is -0.118. The van der Waals surface area contributed by atoms with Gasteiger partial charge in [-0.15, -0.1) is 0 Å². The van der Waals surface area contributed by atoms with Crippen LogP contribution in [0.1, 0.15) is 5.56 Å². The molecule has 0 heterocycles. The molecule has 0 aliphatic carbocycles.